The van der Waals surface area contributed by atoms with Gasteiger partial charge in [0.1, 0.15) is 17.9 Å². The lowest BCUT2D eigenvalue weighted by Gasteiger charge is -2.43. The minimum Gasteiger partial charge on any atom is -0.492 e. The van der Waals surface area contributed by atoms with Crippen molar-refractivity contribution in [3.05, 3.63) is 59.7 Å². The first-order valence-electron chi connectivity index (χ1n) is 9.35. The number of hydrogen-bond donors (Lipinski definition) is 1. The monoisotopic (exact) mass is 398 g/mol. The molecular weight excluding hydrogens is 372 g/mol. The van der Waals surface area contributed by atoms with Crippen molar-refractivity contribution in [3.8, 4) is 5.75 Å². The Hall–Kier alpha value is -2.47. The zero-order valence-corrected chi connectivity index (χ0v) is 17.3. The van der Waals surface area contributed by atoms with E-state index in [-0.39, 0.29) is 11.8 Å². The molecule has 1 aliphatic heterocycles. The van der Waals surface area contributed by atoms with Crippen LogP contribution in [0.3, 0.4) is 0 Å². The van der Waals surface area contributed by atoms with Crippen LogP contribution >= 0.6 is 11.8 Å². The van der Waals surface area contributed by atoms with Gasteiger partial charge in [-0.15, -0.1) is 11.8 Å². The van der Waals surface area contributed by atoms with Crippen LogP contribution in [0.1, 0.15) is 18.1 Å². The number of thioether (sulfide) groups is 1. The van der Waals surface area contributed by atoms with Crippen molar-refractivity contribution in [1.29, 1.82) is 0 Å². The number of rotatable bonds is 6. The van der Waals surface area contributed by atoms with Crippen LogP contribution in [-0.4, -0.2) is 46.9 Å². The third kappa shape index (κ3) is 4.33. The topological polar surface area (TPSA) is 58.6 Å². The summed E-state index contributed by atoms with van der Waals surface area (Å²) in [5, 5.41) is 3.06. The molecule has 1 fully saturated rings. The number of carbonyl (C=O) groups is 2. The molecule has 1 heterocycles. The van der Waals surface area contributed by atoms with E-state index in [9.17, 15) is 9.59 Å². The van der Waals surface area contributed by atoms with Crippen LogP contribution in [0.15, 0.2) is 48.5 Å². The predicted molar refractivity (Wildman–Crippen MR) is 114 cm³/mol. The number of hydrogen-bond acceptors (Lipinski definition) is 4. The van der Waals surface area contributed by atoms with Crippen molar-refractivity contribution in [2.75, 3.05) is 30.0 Å². The standard InChI is InChI=1S/C22H26N2O3S/c1-16-8-7-9-17(2)20(16)23-21(26)22(3)15-28-14-19(25)24(22)12-13-27-18-10-5-4-6-11-18/h4-11H,12-15H2,1-3H3,(H,23,26). The summed E-state index contributed by atoms with van der Waals surface area (Å²) in [5.74, 6) is 1.50. The van der Waals surface area contributed by atoms with Crippen LogP contribution in [-0.2, 0) is 9.59 Å². The van der Waals surface area contributed by atoms with E-state index in [2.05, 4.69) is 5.32 Å². The largest absolute Gasteiger partial charge is 0.492 e. The average Bonchev–Trinajstić information content (AvgIpc) is 2.68. The molecule has 2 amide bonds. The Morgan fingerprint density at radius 2 is 1.82 bits per heavy atom. The summed E-state index contributed by atoms with van der Waals surface area (Å²) in [7, 11) is 0. The van der Waals surface area contributed by atoms with E-state index in [0.717, 1.165) is 22.6 Å². The Morgan fingerprint density at radius 3 is 2.50 bits per heavy atom. The lowest BCUT2D eigenvalue weighted by Crippen LogP contribution is -2.62. The Kier molecular flexibility index (Phi) is 6.29. The summed E-state index contributed by atoms with van der Waals surface area (Å²) in [5.41, 5.74) is 1.91. The summed E-state index contributed by atoms with van der Waals surface area (Å²) in [6.45, 7) is 6.48. The van der Waals surface area contributed by atoms with Gasteiger partial charge < -0.3 is 15.0 Å². The molecule has 6 heteroatoms. The van der Waals surface area contributed by atoms with E-state index in [4.69, 9.17) is 4.74 Å². The number of anilines is 1. The van der Waals surface area contributed by atoms with Crippen molar-refractivity contribution in [2.24, 2.45) is 0 Å². The molecule has 1 unspecified atom stereocenters. The normalized spacial score (nSPS) is 19.4. The van der Waals surface area contributed by atoms with E-state index < -0.39 is 5.54 Å². The highest BCUT2D eigenvalue weighted by Gasteiger charge is 2.45. The second kappa shape index (κ2) is 8.69. The van der Waals surface area contributed by atoms with Gasteiger partial charge in [-0.2, -0.15) is 0 Å². The maximum Gasteiger partial charge on any atom is 0.250 e. The van der Waals surface area contributed by atoms with Crippen LogP contribution in [0.2, 0.25) is 0 Å². The molecule has 148 valence electrons. The zero-order valence-electron chi connectivity index (χ0n) is 16.5. The van der Waals surface area contributed by atoms with Crippen molar-refractivity contribution >= 4 is 29.3 Å². The van der Waals surface area contributed by atoms with E-state index in [1.165, 1.54) is 11.8 Å². The molecule has 28 heavy (non-hydrogen) atoms. The van der Waals surface area contributed by atoms with Gasteiger partial charge in [0.25, 0.3) is 5.91 Å². The number of amides is 2. The van der Waals surface area contributed by atoms with Crippen LogP contribution in [0.4, 0.5) is 5.69 Å². The minimum absolute atomic E-state index is 0.0351. The fourth-order valence-electron chi connectivity index (χ4n) is 3.36. The molecule has 0 bridgehead atoms. The van der Waals surface area contributed by atoms with E-state index >= 15 is 0 Å². The molecule has 0 spiro atoms. The smallest absolute Gasteiger partial charge is 0.250 e. The highest BCUT2D eigenvalue weighted by Crippen LogP contribution is 2.30. The summed E-state index contributed by atoms with van der Waals surface area (Å²) in [6, 6.07) is 15.4. The fourth-order valence-corrected chi connectivity index (χ4v) is 4.48. The minimum atomic E-state index is -0.922. The molecule has 2 aromatic carbocycles. The Balaban J connectivity index is 1.73. The Bertz CT molecular complexity index is 836. The van der Waals surface area contributed by atoms with Gasteiger partial charge in [0.15, 0.2) is 0 Å². The molecule has 0 saturated carbocycles. The summed E-state index contributed by atoms with van der Waals surface area (Å²) in [6.07, 6.45) is 0. The van der Waals surface area contributed by atoms with Gasteiger partial charge in [-0.05, 0) is 44.0 Å². The second-order valence-electron chi connectivity index (χ2n) is 7.19. The number of carbonyl (C=O) groups excluding carboxylic acids is 2. The molecule has 0 aromatic heterocycles. The quantitative estimate of drug-likeness (QED) is 0.807. The number of aryl methyl sites for hydroxylation is 2. The van der Waals surface area contributed by atoms with Gasteiger partial charge in [0.05, 0.1) is 12.3 Å². The Labute approximate surface area is 170 Å². The third-order valence-corrected chi connectivity index (χ3v) is 6.26. The van der Waals surface area contributed by atoms with Crippen LogP contribution in [0.25, 0.3) is 0 Å². The first kappa shape index (κ1) is 20.3. The van der Waals surface area contributed by atoms with Crippen LogP contribution < -0.4 is 10.1 Å². The highest BCUT2D eigenvalue weighted by atomic mass is 32.2. The fraction of sp³-hybridized carbons (Fsp3) is 0.364. The second-order valence-corrected chi connectivity index (χ2v) is 8.18. The maximum absolute atomic E-state index is 13.2. The zero-order chi connectivity index (χ0) is 20.1. The average molecular weight is 399 g/mol. The number of ether oxygens (including phenoxy) is 1. The Morgan fingerprint density at radius 1 is 1.14 bits per heavy atom. The number of benzene rings is 2. The third-order valence-electron chi connectivity index (χ3n) is 5.04. The molecule has 1 saturated heterocycles. The van der Waals surface area contributed by atoms with Crippen molar-refractivity contribution in [1.82, 2.24) is 4.90 Å². The molecule has 0 aliphatic carbocycles. The van der Waals surface area contributed by atoms with E-state index in [1.807, 2.05) is 69.3 Å². The SMILES string of the molecule is Cc1cccc(C)c1NC(=O)C1(C)CSCC(=O)N1CCOc1ccccc1. The maximum atomic E-state index is 13.2. The van der Waals surface area contributed by atoms with Gasteiger partial charge in [-0.1, -0.05) is 36.4 Å². The van der Waals surface area contributed by atoms with Crippen molar-refractivity contribution in [3.63, 3.8) is 0 Å². The molecule has 1 N–H and O–H groups in total. The molecule has 2 aromatic rings. The van der Waals surface area contributed by atoms with Gasteiger partial charge in [0, 0.05) is 11.4 Å². The van der Waals surface area contributed by atoms with Crippen LogP contribution in [0.5, 0.6) is 5.75 Å². The number of nitrogens with one attached hydrogen (secondary N) is 1. The molecule has 0 radical (unpaired) electrons. The summed E-state index contributed by atoms with van der Waals surface area (Å²) in [4.78, 5) is 27.5. The molecule has 1 aliphatic rings. The first-order chi connectivity index (χ1) is 13.4. The predicted octanol–water partition coefficient (Wildman–Crippen LogP) is 3.66. The van der Waals surface area contributed by atoms with Crippen LogP contribution in [0, 0.1) is 13.8 Å². The highest BCUT2D eigenvalue weighted by molar-refractivity contribution is 8.00. The number of para-hydroxylation sites is 2. The molecule has 5 nitrogen and oxygen atoms in total. The van der Waals surface area contributed by atoms with Gasteiger partial charge >= 0.3 is 0 Å². The number of nitrogens with zero attached hydrogens (tertiary/aromatic N) is 1. The van der Waals surface area contributed by atoms with E-state index in [0.29, 0.717) is 24.7 Å². The van der Waals surface area contributed by atoms with Gasteiger partial charge in [0.2, 0.25) is 5.91 Å². The molecular formula is C22H26N2O3S. The van der Waals surface area contributed by atoms with E-state index in [1.54, 1.807) is 4.90 Å². The summed E-state index contributed by atoms with van der Waals surface area (Å²) < 4.78 is 5.75. The lowest BCUT2D eigenvalue weighted by molar-refractivity contribution is -0.142. The van der Waals surface area contributed by atoms with Crippen molar-refractivity contribution < 1.29 is 14.3 Å². The van der Waals surface area contributed by atoms with Gasteiger partial charge in [-0.3, -0.25) is 9.59 Å². The van der Waals surface area contributed by atoms with Crippen molar-refractivity contribution in [2.45, 2.75) is 26.3 Å². The molecule has 3 rings (SSSR count). The molecule has 1 atom stereocenters. The lowest BCUT2D eigenvalue weighted by atomic mass is 9.99. The first-order valence-corrected chi connectivity index (χ1v) is 10.5. The van der Waals surface area contributed by atoms with Gasteiger partial charge in [-0.25, -0.2) is 0 Å². The summed E-state index contributed by atoms with van der Waals surface area (Å²) >= 11 is 1.50.